The number of hydrogen-bond donors (Lipinski definition) is 0. The number of cyclic esters (lactones) is 1. The van der Waals surface area contributed by atoms with Crippen LogP contribution in [0.5, 0.6) is 5.75 Å². The Morgan fingerprint density at radius 2 is 1.88 bits per heavy atom. The van der Waals surface area contributed by atoms with Crippen LogP contribution in [0.4, 0.5) is 13.2 Å². The standard InChI is InChI=1S/C18H12F3NO3/c1-24-13-7-4-6-12(9-13)16-22-15(17(23)25-16)10-11-5-2-3-8-14(11)18(19,20)21/h2-10H,1H3/b15-10+. The second-order valence-corrected chi connectivity index (χ2v) is 5.15. The third kappa shape index (κ3) is 3.55. The van der Waals surface area contributed by atoms with E-state index < -0.39 is 17.7 Å². The predicted octanol–water partition coefficient (Wildman–Crippen LogP) is 4.06. The van der Waals surface area contributed by atoms with E-state index in [1.807, 2.05) is 0 Å². The van der Waals surface area contributed by atoms with Gasteiger partial charge in [-0.05, 0) is 35.9 Å². The van der Waals surface area contributed by atoms with Gasteiger partial charge >= 0.3 is 12.1 Å². The molecule has 0 unspecified atom stereocenters. The molecule has 0 saturated heterocycles. The van der Waals surface area contributed by atoms with Gasteiger partial charge in [0.2, 0.25) is 5.90 Å². The van der Waals surface area contributed by atoms with E-state index in [-0.39, 0.29) is 17.2 Å². The summed E-state index contributed by atoms with van der Waals surface area (Å²) >= 11 is 0. The normalized spacial score (nSPS) is 15.9. The number of ether oxygens (including phenoxy) is 2. The third-order valence-electron chi connectivity index (χ3n) is 3.50. The van der Waals surface area contributed by atoms with E-state index in [1.54, 1.807) is 24.3 Å². The molecule has 0 N–H and O–H groups in total. The molecule has 128 valence electrons. The molecular formula is C18H12F3NO3. The number of hydrogen-bond acceptors (Lipinski definition) is 4. The van der Waals surface area contributed by atoms with Gasteiger partial charge in [0.05, 0.1) is 12.7 Å². The second kappa shape index (κ2) is 6.43. The molecule has 0 radical (unpaired) electrons. The van der Waals surface area contributed by atoms with Crippen molar-refractivity contribution in [3.63, 3.8) is 0 Å². The number of carbonyl (C=O) groups excluding carboxylic acids is 1. The molecular weight excluding hydrogens is 335 g/mol. The third-order valence-corrected chi connectivity index (χ3v) is 3.50. The highest BCUT2D eigenvalue weighted by atomic mass is 19.4. The van der Waals surface area contributed by atoms with Gasteiger partial charge in [0, 0.05) is 5.56 Å². The minimum Gasteiger partial charge on any atom is -0.497 e. The number of alkyl halides is 3. The number of halogens is 3. The lowest BCUT2D eigenvalue weighted by Crippen LogP contribution is -2.08. The summed E-state index contributed by atoms with van der Waals surface area (Å²) in [4.78, 5) is 16.0. The quantitative estimate of drug-likeness (QED) is 0.621. The van der Waals surface area contributed by atoms with Crippen molar-refractivity contribution in [1.29, 1.82) is 0 Å². The summed E-state index contributed by atoms with van der Waals surface area (Å²) in [5.41, 5.74) is -0.715. The lowest BCUT2D eigenvalue weighted by molar-refractivity contribution is -0.137. The number of aliphatic imine (C=N–C) groups is 1. The van der Waals surface area contributed by atoms with Crippen molar-refractivity contribution in [3.8, 4) is 5.75 Å². The summed E-state index contributed by atoms with van der Waals surface area (Å²) in [6.45, 7) is 0. The first kappa shape index (κ1) is 16.8. The van der Waals surface area contributed by atoms with Crippen LogP contribution in [0.3, 0.4) is 0 Å². The zero-order chi connectivity index (χ0) is 18.0. The van der Waals surface area contributed by atoms with E-state index in [9.17, 15) is 18.0 Å². The minimum absolute atomic E-state index is 0.0136. The molecule has 0 aromatic heterocycles. The molecule has 0 aliphatic carbocycles. The van der Waals surface area contributed by atoms with Crippen molar-refractivity contribution < 1.29 is 27.4 Å². The summed E-state index contributed by atoms with van der Waals surface area (Å²) in [5, 5.41) is 0. The Morgan fingerprint density at radius 1 is 1.12 bits per heavy atom. The van der Waals surface area contributed by atoms with Gasteiger partial charge in [-0.3, -0.25) is 0 Å². The molecule has 1 aliphatic rings. The van der Waals surface area contributed by atoms with Crippen molar-refractivity contribution in [2.24, 2.45) is 4.99 Å². The fourth-order valence-corrected chi connectivity index (χ4v) is 2.32. The first-order valence-electron chi connectivity index (χ1n) is 7.21. The van der Waals surface area contributed by atoms with Gasteiger partial charge in [-0.25, -0.2) is 9.79 Å². The van der Waals surface area contributed by atoms with Crippen molar-refractivity contribution in [2.75, 3.05) is 7.11 Å². The van der Waals surface area contributed by atoms with Gasteiger partial charge in [-0.15, -0.1) is 0 Å². The second-order valence-electron chi connectivity index (χ2n) is 5.15. The van der Waals surface area contributed by atoms with Gasteiger partial charge in [0.25, 0.3) is 0 Å². The maximum atomic E-state index is 13.0. The summed E-state index contributed by atoms with van der Waals surface area (Å²) in [6, 6.07) is 11.6. The maximum Gasteiger partial charge on any atom is 0.416 e. The fourth-order valence-electron chi connectivity index (χ4n) is 2.32. The number of esters is 1. The van der Waals surface area contributed by atoms with Gasteiger partial charge in [0.1, 0.15) is 5.75 Å². The van der Waals surface area contributed by atoms with Crippen LogP contribution < -0.4 is 4.74 Å². The molecule has 1 aliphatic heterocycles. The van der Waals surface area contributed by atoms with Crippen LogP contribution in [0.1, 0.15) is 16.7 Å². The molecule has 0 fully saturated rings. The maximum absolute atomic E-state index is 13.0. The Hall–Kier alpha value is -3.09. The number of rotatable bonds is 3. The van der Waals surface area contributed by atoms with Crippen molar-refractivity contribution in [3.05, 3.63) is 70.9 Å². The molecule has 0 atom stereocenters. The van der Waals surface area contributed by atoms with E-state index in [0.717, 1.165) is 12.1 Å². The molecule has 4 nitrogen and oxygen atoms in total. The van der Waals surface area contributed by atoms with Gasteiger partial charge < -0.3 is 9.47 Å². The average Bonchev–Trinajstić information content (AvgIpc) is 2.95. The van der Waals surface area contributed by atoms with Crippen molar-refractivity contribution in [2.45, 2.75) is 6.18 Å². The molecule has 2 aromatic rings. The first-order chi connectivity index (χ1) is 11.9. The molecule has 0 amide bonds. The van der Waals surface area contributed by atoms with E-state index >= 15 is 0 Å². The van der Waals surface area contributed by atoms with Crippen LogP contribution in [-0.4, -0.2) is 19.0 Å². The van der Waals surface area contributed by atoms with E-state index in [2.05, 4.69) is 4.99 Å². The van der Waals surface area contributed by atoms with Crippen LogP contribution >= 0.6 is 0 Å². The largest absolute Gasteiger partial charge is 0.497 e. The van der Waals surface area contributed by atoms with Crippen LogP contribution in [-0.2, 0) is 15.7 Å². The molecule has 1 heterocycles. The highest BCUT2D eigenvalue weighted by molar-refractivity contribution is 6.13. The Balaban J connectivity index is 2.00. The predicted molar refractivity (Wildman–Crippen MR) is 85.0 cm³/mol. The van der Waals surface area contributed by atoms with Gasteiger partial charge in [0.15, 0.2) is 5.70 Å². The first-order valence-corrected chi connectivity index (χ1v) is 7.21. The minimum atomic E-state index is -4.53. The average molecular weight is 347 g/mol. The highest BCUT2D eigenvalue weighted by Crippen LogP contribution is 2.33. The van der Waals surface area contributed by atoms with E-state index in [0.29, 0.717) is 11.3 Å². The van der Waals surface area contributed by atoms with Crippen LogP contribution in [0.15, 0.2) is 59.2 Å². The fraction of sp³-hybridized carbons (Fsp3) is 0.111. The Morgan fingerprint density at radius 3 is 2.60 bits per heavy atom. The van der Waals surface area contributed by atoms with Crippen LogP contribution in [0, 0.1) is 0 Å². The van der Waals surface area contributed by atoms with E-state index in [1.165, 1.54) is 25.3 Å². The SMILES string of the molecule is COc1cccc(C2=N/C(=C/c3ccccc3C(F)(F)F)C(=O)O2)c1. The van der Waals surface area contributed by atoms with Crippen molar-refractivity contribution >= 4 is 17.9 Å². The number of benzene rings is 2. The van der Waals surface area contributed by atoms with Crippen LogP contribution in [0.25, 0.3) is 6.08 Å². The summed E-state index contributed by atoms with van der Waals surface area (Å²) in [6.07, 6.45) is -3.46. The smallest absolute Gasteiger partial charge is 0.416 e. The monoisotopic (exact) mass is 347 g/mol. The lowest BCUT2D eigenvalue weighted by Gasteiger charge is -2.09. The molecule has 2 aromatic carbocycles. The lowest BCUT2D eigenvalue weighted by atomic mass is 10.1. The molecule has 25 heavy (non-hydrogen) atoms. The molecule has 0 saturated carbocycles. The number of methoxy groups -OCH3 is 1. The molecule has 3 rings (SSSR count). The Bertz CT molecular complexity index is 885. The van der Waals surface area contributed by atoms with E-state index in [4.69, 9.17) is 9.47 Å². The zero-order valence-electron chi connectivity index (χ0n) is 13.0. The zero-order valence-corrected chi connectivity index (χ0v) is 13.0. The van der Waals surface area contributed by atoms with Crippen LogP contribution in [0.2, 0.25) is 0 Å². The van der Waals surface area contributed by atoms with Crippen molar-refractivity contribution in [1.82, 2.24) is 0 Å². The topological polar surface area (TPSA) is 47.9 Å². The highest BCUT2D eigenvalue weighted by Gasteiger charge is 2.33. The molecule has 7 heteroatoms. The van der Waals surface area contributed by atoms with Gasteiger partial charge in [-0.2, -0.15) is 13.2 Å². The molecule has 0 spiro atoms. The molecule has 0 bridgehead atoms. The Labute approximate surface area is 141 Å². The number of carbonyl (C=O) groups is 1. The summed E-state index contributed by atoms with van der Waals surface area (Å²) < 4.78 is 49.3. The van der Waals surface area contributed by atoms with Gasteiger partial charge in [-0.1, -0.05) is 24.3 Å². The Kier molecular flexibility index (Phi) is 4.31. The summed E-state index contributed by atoms with van der Waals surface area (Å²) in [7, 11) is 1.49. The number of nitrogens with zero attached hydrogens (tertiary/aromatic N) is 1. The summed E-state index contributed by atoms with van der Waals surface area (Å²) in [5.74, 6) is -0.259.